The molecule has 6 heteroatoms. The number of imidazole rings is 1. The molecule has 1 N–H and O–H groups in total. The minimum Gasteiger partial charge on any atom is -0.487 e. The molecule has 0 aliphatic rings. The summed E-state index contributed by atoms with van der Waals surface area (Å²) < 4.78 is 19.9. The third kappa shape index (κ3) is 2.55. The van der Waals surface area contributed by atoms with Gasteiger partial charge in [-0.2, -0.15) is 0 Å². The van der Waals surface area contributed by atoms with E-state index in [2.05, 4.69) is 4.98 Å². The van der Waals surface area contributed by atoms with E-state index in [0.29, 0.717) is 17.1 Å². The zero-order chi connectivity index (χ0) is 14.8. The van der Waals surface area contributed by atoms with Crippen LogP contribution in [-0.4, -0.2) is 20.5 Å². The van der Waals surface area contributed by atoms with Crippen LogP contribution in [0.25, 0.3) is 5.65 Å². The molecule has 0 spiro atoms. The van der Waals surface area contributed by atoms with Crippen LogP contribution >= 0.6 is 0 Å². The van der Waals surface area contributed by atoms with Gasteiger partial charge in [-0.25, -0.2) is 14.2 Å². The average Bonchev–Trinajstić information content (AvgIpc) is 2.90. The fourth-order valence-electron chi connectivity index (χ4n) is 2.06. The van der Waals surface area contributed by atoms with Gasteiger partial charge in [-0.15, -0.1) is 0 Å². The molecular formula is C15H11FN2O3. The molecule has 1 aromatic carbocycles. The number of fused-ring (bicyclic) bond motifs is 1. The van der Waals surface area contributed by atoms with Crippen molar-refractivity contribution in [2.45, 2.75) is 6.61 Å². The second-order valence-corrected chi connectivity index (χ2v) is 4.40. The van der Waals surface area contributed by atoms with Crippen molar-refractivity contribution in [2.75, 3.05) is 0 Å². The summed E-state index contributed by atoms with van der Waals surface area (Å²) in [7, 11) is 0. The number of aromatic nitrogens is 2. The lowest BCUT2D eigenvalue weighted by Crippen LogP contribution is -2.08. The number of halogens is 1. The van der Waals surface area contributed by atoms with Crippen molar-refractivity contribution in [3.05, 3.63) is 65.9 Å². The van der Waals surface area contributed by atoms with Crippen molar-refractivity contribution in [3.8, 4) is 5.75 Å². The number of aromatic carboxylic acids is 1. The van der Waals surface area contributed by atoms with Crippen molar-refractivity contribution in [2.24, 2.45) is 0 Å². The molecule has 0 aliphatic carbocycles. The van der Waals surface area contributed by atoms with Crippen LogP contribution in [0.5, 0.6) is 5.75 Å². The molecule has 0 aliphatic heterocycles. The summed E-state index contributed by atoms with van der Waals surface area (Å²) in [4.78, 5) is 15.4. The summed E-state index contributed by atoms with van der Waals surface area (Å²) in [5.41, 5.74) is 1.25. The first-order chi connectivity index (χ1) is 10.1. The number of ether oxygens (including phenoxy) is 1. The highest BCUT2D eigenvalue weighted by Crippen LogP contribution is 2.16. The number of benzene rings is 1. The zero-order valence-corrected chi connectivity index (χ0v) is 10.9. The summed E-state index contributed by atoms with van der Waals surface area (Å²) in [6, 6.07) is 10.5. The van der Waals surface area contributed by atoms with Crippen LogP contribution in [0, 0.1) is 5.82 Å². The Labute approximate surface area is 119 Å². The summed E-state index contributed by atoms with van der Waals surface area (Å²) in [6.07, 6.45) is 1.56. The number of pyridine rings is 1. The van der Waals surface area contributed by atoms with Crippen LogP contribution in [0.4, 0.5) is 4.39 Å². The SMILES string of the molecule is O=C(O)c1cccc2ncc(COc3ccc(F)cc3)n12. The summed E-state index contributed by atoms with van der Waals surface area (Å²) >= 11 is 0. The fourth-order valence-corrected chi connectivity index (χ4v) is 2.06. The Kier molecular flexibility index (Phi) is 3.27. The van der Waals surface area contributed by atoms with E-state index in [1.54, 1.807) is 18.3 Å². The molecule has 2 aromatic heterocycles. The molecule has 0 atom stereocenters. The van der Waals surface area contributed by atoms with E-state index in [4.69, 9.17) is 4.74 Å². The first kappa shape index (κ1) is 13.1. The molecule has 2 heterocycles. The van der Waals surface area contributed by atoms with Crippen molar-refractivity contribution >= 4 is 11.6 Å². The van der Waals surface area contributed by atoms with Gasteiger partial charge in [0.25, 0.3) is 0 Å². The monoisotopic (exact) mass is 286 g/mol. The number of hydrogen-bond donors (Lipinski definition) is 1. The minimum absolute atomic E-state index is 0.114. The van der Waals surface area contributed by atoms with Gasteiger partial charge in [0.1, 0.15) is 29.5 Å². The molecule has 106 valence electrons. The Bertz CT molecular complexity index is 796. The first-order valence-corrected chi connectivity index (χ1v) is 6.22. The van der Waals surface area contributed by atoms with Crippen molar-refractivity contribution < 1.29 is 19.0 Å². The highest BCUT2D eigenvalue weighted by Gasteiger charge is 2.12. The zero-order valence-electron chi connectivity index (χ0n) is 10.9. The molecule has 0 bridgehead atoms. The Balaban J connectivity index is 1.90. The summed E-state index contributed by atoms with van der Waals surface area (Å²) in [5.74, 6) is -0.883. The molecule has 3 rings (SSSR count). The highest BCUT2D eigenvalue weighted by atomic mass is 19.1. The van der Waals surface area contributed by atoms with Crippen LogP contribution in [0.15, 0.2) is 48.7 Å². The Morgan fingerprint density at radius 1 is 1.24 bits per heavy atom. The summed E-state index contributed by atoms with van der Waals surface area (Å²) in [6.45, 7) is 0.136. The van der Waals surface area contributed by atoms with E-state index >= 15 is 0 Å². The smallest absolute Gasteiger partial charge is 0.352 e. The van der Waals surface area contributed by atoms with Crippen LogP contribution < -0.4 is 4.74 Å². The lowest BCUT2D eigenvalue weighted by atomic mass is 10.3. The van der Waals surface area contributed by atoms with Gasteiger partial charge in [0.05, 0.1) is 11.9 Å². The summed E-state index contributed by atoms with van der Waals surface area (Å²) in [5, 5.41) is 9.21. The fraction of sp³-hybridized carbons (Fsp3) is 0.0667. The van der Waals surface area contributed by atoms with E-state index in [1.807, 2.05) is 0 Å². The van der Waals surface area contributed by atoms with Crippen LogP contribution in [0.2, 0.25) is 0 Å². The van der Waals surface area contributed by atoms with E-state index < -0.39 is 5.97 Å². The van der Waals surface area contributed by atoms with Gasteiger partial charge < -0.3 is 9.84 Å². The van der Waals surface area contributed by atoms with Crippen LogP contribution in [0.1, 0.15) is 16.2 Å². The third-order valence-corrected chi connectivity index (χ3v) is 3.02. The lowest BCUT2D eigenvalue weighted by molar-refractivity contribution is 0.0688. The number of hydrogen-bond acceptors (Lipinski definition) is 3. The quantitative estimate of drug-likeness (QED) is 0.801. The predicted octanol–water partition coefficient (Wildman–Crippen LogP) is 2.75. The minimum atomic E-state index is -1.04. The van der Waals surface area contributed by atoms with Gasteiger partial charge in [0.15, 0.2) is 0 Å². The van der Waals surface area contributed by atoms with Gasteiger partial charge in [-0.3, -0.25) is 4.40 Å². The van der Waals surface area contributed by atoms with E-state index in [1.165, 1.54) is 34.7 Å². The van der Waals surface area contributed by atoms with Gasteiger partial charge in [-0.05, 0) is 36.4 Å². The molecule has 0 saturated heterocycles. The molecule has 0 fully saturated rings. The van der Waals surface area contributed by atoms with Crippen molar-refractivity contribution in [1.29, 1.82) is 0 Å². The standard InChI is InChI=1S/C15H11FN2O3/c16-10-4-6-12(7-5-10)21-9-11-8-17-14-3-1-2-13(15(19)20)18(11)14/h1-8H,9H2,(H,19,20). The van der Waals surface area contributed by atoms with Crippen molar-refractivity contribution in [3.63, 3.8) is 0 Å². The van der Waals surface area contributed by atoms with Gasteiger partial charge >= 0.3 is 5.97 Å². The topological polar surface area (TPSA) is 63.8 Å². The third-order valence-electron chi connectivity index (χ3n) is 3.02. The van der Waals surface area contributed by atoms with E-state index in [0.717, 1.165) is 0 Å². The molecule has 0 saturated carbocycles. The second kappa shape index (κ2) is 5.24. The maximum Gasteiger partial charge on any atom is 0.352 e. The van der Waals surface area contributed by atoms with Crippen LogP contribution in [-0.2, 0) is 6.61 Å². The highest BCUT2D eigenvalue weighted by molar-refractivity contribution is 5.86. The number of carbonyl (C=O) groups is 1. The van der Waals surface area contributed by atoms with Gasteiger partial charge in [0, 0.05) is 0 Å². The van der Waals surface area contributed by atoms with E-state index in [-0.39, 0.29) is 18.1 Å². The molecule has 5 nitrogen and oxygen atoms in total. The normalized spacial score (nSPS) is 10.7. The first-order valence-electron chi connectivity index (χ1n) is 6.22. The van der Waals surface area contributed by atoms with E-state index in [9.17, 15) is 14.3 Å². The van der Waals surface area contributed by atoms with Gasteiger partial charge in [-0.1, -0.05) is 6.07 Å². The Morgan fingerprint density at radius 2 is 2.00 bits per heavy atom. The number of rotatable bonds is 4. The van der Waals surface area contributed by atoms with Crippen LogP contribution in [0.3, 0.4) is 0 Å². The molecule has 21 heavy (non-hydrogen) atoms. The molecule has 0 amide bonds. The maximum absolute atomic E-state index is 12.8. The predicted molar refractivity (Wildman–Crippen MR) is 72.9 cm³/mol. The average molecular weight is 286 g/mol. The number of carboxylic acid groups (broad SMARTS) is 1. The maximum atomic E-state index is 12.8. The Hall–Kier alpha value is -2.89. The Morgan fingerprint density at radius 3 is 2.71 bits per heavy atom. The number of nitrogens with zero attached hydrogens (tertiary/aromatic N) is 2. The molecule has 3 aromatic rings. The van der Waals surface area contributed by atoms with Gasteiger partial charge in [0.2, 0.25) is 0 Å². The largest absolute Gasteiger partial charge is 0.487 e. The van der Waals surface area contributed by atoms with Crippen molar-refractivity contribution in [1.82, 2.24) is 9.38 Å². The lowest BCUT2D eigenvalue weighted by Gasteiger charge is -2.08. The molecule has 0 radical (unpaired) electrons. The molecular weight excluding hydrogens is 275 g/mol. The number of carboxylic acids is 1. The molecule has 0 unspecified atom stereocenters. The second-order valence-electron chi connectivity index (χ2n) is 4.40.